The number of aliphatic hydroxyl groups is 2. The summed E-state index contributed by atoms with van der Waals surface area (Å²) in [5, 5.41) is 18.9. The molecule has 1 aromatic rings. The van der Waals surface area contributed by atoms with Crippen molar-refractivity contribution in [2.24, 2.45) is 0 Å². The molecule has 1 aromatic carbocycles. The van der Waals surface area contributed by atoms with Gasteiger partial charge < -0.3 is 29.3 Å². The van der Waals surface area contributed by atoms with Crippen molar-refractivity contribution >= 4 is 0 Å². The standard InChI is InChI=1S/C16H27NO5/c1-4-17(7-8-18)10-14(19)12-22-11-13-5-6-15(20-2)16(9-13)21-3/h5-6,9,14,18-19H,4,7-8,10-12H2,1-3H3/p+1/t14-/m1/s1. The Morgan fingerprint density at radius 1 is 1.18 bits per heavy atom. The fourth-order valence-corrected chi connectivity index (χ4v) is 2.26. The summed E-state index contributed by atoms with van der Waals surface area (Å²) in [6.45, 7) is 4.91. The quantitative estimate of drug-likeness (QED) is 0.513. The average molecular weight is 314 g/mol. The molecule has 0 saturated carbocycles. The molecule has 22 heavy (non-hydrogen) atoms. The molecule has 0 saturated heterocycles. The summed E-state index contributed by atoms with van der Waals surface area (Å²) in [5.41, 5.74) is 0.958. The first-order valence-corrected chi connectivity index (χ1v) is 7.55. The maximum Gasteiger partial charge on any atom is 0.161 e. The number of nitrogens with one attached hydrogen (secondary N) is 1. The zero-order chi connectivity index (χ0) is 16.4. The number of methoxy groups -OCH3 is 2. The number of hydrogen-bond donors (Lipinski definition) is 3. The molecule has 0 radical (unpaired) electrons. The molecule has 0 aliphatic carbocycles. The molecule has 6 heteroatoms. The highest BCUT2D eigenvalue weighted by atomic mass is 16.5. The second-order valence-electron chi connectivity index (χ2n) is 5.14. The van der Waals surface area contributed by atoms with E-state index in [4.69, 9.17) is 19.3 Å². The van der Waals surface area contributed by atoms with Crippen LogP contribution >= 0.6 is 0 Å². The van der Waals surface area contributed by atoms with Crippen LogP contribution in [0.25, 0.3) is 0 Å². The van der Waals surface area contributed by atoms with Crippen molar-refractivity contribution < 1.29 is 29.3 Å². The van der Waals surface area contributed by atoms with Crippen molar-refractivity contribution in [3.63, 3.8) is 0 Å². The third-order valence-electron chi connectivity index (χ3n) is 3.52. The molecule has 2 atom stereocenters. The molecule has 0 amide bonds. The van der Waals surface area contributed by atoms with Crippen LogP contribution in [0.15, 0.2) is 18.2 Å². The van der Waals surface area contributed by atoms with Gasteiger partial charge in [-0.25, -0.2) is 0 Å². The van der Waals surface area contributed by atoms with E-state index in [0.29, 0.717) is 31.2 Å². The first-order valence-electron chi connectivity index (χ1n) is 7.55. The third kappa shape index (κ3) is 6.19. The minimum absolute atomic E-state index is 0.127. The van der Waals surface area contributed by atoms with Gasteiger partial charge in [0.25, 0.3) is 0 Å². The summed E-state index contributed by atoms with van der Waals surface area (Å²) in [7, 11) is 3.19. The van der Waals surface area contributed by atoms with Crippen molar-refractivity contribution in [1.82, 2.24) is 0 Å². The minimum atomic E-state index is -0.540. The van der Waals surface area contributed by atoms with Gasteiger partial charge in [0.2, 0.25) is 0 Å². The topological polar surface area (TPSA) is 72.6 Å². The average Bonchev–Trinajstić information content (AvgIpc) is 2.54. The lowest BCUT2D eigenvalue weighted by atomic mass is 10.2. The summed E-state index contributed by atoms with van der Waals surface area (Å²) in [6, 6.07) is 5.60. The Morgan fingerprint density at radius 2 is 1.91 bits per heavy atom. The Labute approximate surface area is 132 Å². The predicted octanol–water partition coefficient (Wildman–Crippen LogP) is -0.522. The van der Waals surface area contributed by atoms with Crippen LogP contribution in [-0.4, -0.2) is 63.4 Å². The van der Waals surface area contributed by atoms with Crippen LogP contribution in [0.2, 0.25) is 0 Å². The van der Waals surface area contributed by atoms with E-state index in [-0.39, 0.29) is 13.2 Å². The van der Waals surface area contributed by atoms with Gasteiger partial charge in [0.1, 0.15) is 19.2 Å². The molecular formula is C16H28NO5+. The number of hydrogen-bond acceptors (Lipinski definition) is 5. The molecule has 0 aliphatic heterocycles. The van der Waals surface area contributed by atoms with Crippen LogP contribution in [0.1, 0.15) is 12.5 Å². The van der Waals surface area contributed by atoms with E-state index in [1.807, 2.05) is 25.1 Å². The second kappa shape index (κ2) is 10.4. The van der Waals surface area contributed by atoms with E-state index >= 15 is 0 Å². The molecule has 3 N–H and O–H groups in total. The fraction of sp³-hybridized carbons (Fsp3) is 0.625. The van der Waals surface area contributed by atoms with E-state index in [2.05, 4.69) is 0 Å². The smallest absolute Gasteiger partial charge is 0.161 e. The van der Waals surface area contributed by atoms with Crippen molar-refractivity contribution in [2.45, 2.75) is 19.6 Å². The first kappa shape index (κ1) is 18.7. The monoisotopic (exact) mass is 314 g/mol. The summed E-state index contributed by atoms with van der Waals surface area (Å²) >= 11 is 0. The Hall–Kier alpha value is -1.34. The fourth-order valence-electron chi connectivity index (χ4n) is 2.26. The second-order valence-corrected chi connectivity index (χ2v) is 5.14. The summed E-state index contributed by atoms with van der Waals surface area (Å²) < 4.78 is 16.0. The highest BCUT2D eigenvalue weighted by Crippen LogP contribution is 2.27. The number of quaternary nitrogens is 1. The molecule has 0 aromatic heterocycles. The number of likely N-dealkylation sites (N-methyl/N-ethyl adjacent to an activating group) is 1. The zero-order valence-corrected chi connectivity index (χ0v) is 13.7. The van der Waals surface area contributed by atoms with Crippen molar-refractivity contribution in [2.75, 3.05) is 47.1 Å². The van der Waals surface area contributed by atoms with Gasteiger partial charge >= 0.3 is 0 Å². The van der Waals surface area contributed by atoms with Gasteiger partial charge in [0.15, 0.2) is 11.5 Å². The summed E-state index contributed by atoms with van der Waals surface area (Å²) in [6.07, 6.45) is -0.540. The molecule has 0 bridgehead atoms. The maximum absolute atomic E-state index is 9.97. The Morgan fingerprint density at radius 3 is 2.50 bits per heavy atom. The molecule has 1 rings (SSSR count). The lowest BCUT2D eigenvalue weighted by Gasteiger charge is -2.20. The van der Waals surface area contributed by atoms with E-state index in [1.165, 1.54) is 0 Å². The molecule has 0 aliphatic rings. The number of benzene rings is 1. The van der Waals surface area contributed by atoms with E-state index < -0.39 is 6.10 Å². The van der Waals surface area contributed by atoms with Crippen molar-refractivity contribution in [1.29, 1.82) is 0 Å². The Bertz CT molecular complexity index is 427. The molecule has 126 valence electrons. The first-order chi connectivity index (χ1) is 10.6. The van der Waals surface area contributed by atoms with E-state index in [9.17, 15) is 5.11 Å². The van der Waals surface area contributed by atoms with Gasteiger partial charge in [0, 0.05) is 0 Å². The zero-order valence-electron chi connectivity index (χ0n) is 13.7. The van der Waals surface area contributed by atoms with Crippen LogP contribution in [0.4, 0.5) is 0 Å². The van der Waals surface area contributed by atoms with Crippen molar-refractivity contribution in [3.8, 4) is 11.5 Å². The van der Waals surface area contributed by atoms with Gasteiger partial charge in [-0.05, 0) is 24.6 Å². The Kier molecular flexibility index (Phi) is 8.84. The van der Waals surface area contributed by atoms with Gasteiger partial charge in [-0.1, -0.05) is 6.07 Å². The van der Waals surface area contributed by atoms with E-state index in [1.54, 1.807) is 14.2 Å². The number of rotatable bonds is 11. The molecule has 6 nitrogen and oxygen atoms in total. The molecule has 0 heterocycles. The maximum atomic E-state index is 9.97. The number of ether oxygens (including phenoxy) is 3. The molecule has 1 unspecified atom stereocenters. The normalized spacial score (nSPS) is 13.7. The van der Waals surface area contributed by atoms with Crippen LogP contribution < -0.4 is 14.4 Å². The predicted molar refractivity (Wildman–Crippen MR) is 83.5 cm³/mol. The van der Waals surface area contributed by atoms with Crippen LogP contribution in [0, 0.1) is 0 Å². The largest absolute Gasteiger partial charge is 0.493 e. The van der Waals surface area contributed by atoms with Gasteiger partial charge in [-0.15, -0.1) is 0 Å². The summed E-state index contributed by atoms with van der Waals surface area (Å²) in [4.78, 5) is 1.16. The van der Waals surface area contributed by atoms with E-state index in [0.717, 1.165) is 17.0 Å². The summed E-state index contributed by atoms with van der Waals surface area (Å²) in [5.74, 6) is 1.34. The molecule has 0 fully saturated rings. The SMILES string of the molecule is CC[NH+](CCO)C[C@@H](O)COCc1ccc(OC)c(OC)c1. The molecule has 0 spiro atoms. The number of aliphatic hydroxyl groups excluding tert-OH is 2. The van der Waals surface area contributed by atoms with Crippen LogP contribution in [-0.2, 0) is 11.3 Å². The Balaban J connectivity index is 2.40. The molecular weight excluding hydrogens is 286 g/mol. The van der Waals surface area contributed by atoms with Gasteiger partial charge in [0.05, 0.1) is 40.6 Å². The minimum Gasteiger partial charge on any atom is -0.493 e. The van der Waals surface area contributed by atoms with Crippen LogP contribution in [0.3, 0.4) is 0 Å². The van der Waals surface area contributed by atoms with Crippen molar-refractivity contribution in [3.05, 3.63) is 23.8 Å². The van der Waals surface area contributed by atoms with Crippen LogP contribution in [0.5, 0.6) is 11.5 Å². The van der Waals surface area contributed by atoms with Gasteiger partial charge in [-0.2, -0.15) is 0 Å². The third-order valence-corrected chi connectivity index (χ3v) is 3.52. The highest BCUT2D eigenvalue weighted by molar-refractivity contribution is 5.42. The lowest BCUT2D eigenvalue weighted by Crippen LogP contribution is -3.13. The van der Waals surface area contributed by atoms with Gasteiger partial charge in [-0.3, -0.25) is 0 Å². The lowest BCUT2D eigenvalue weighted by molar-refractivity contribution is -0.901. The highest BCUT2D eigenvalue weighted by Gasteiger charge is 2.13.